The first kappa shape index (κ1) is 9.51. The normalized spacial score (nSPS) is 17.4. The van der Waals surface area contributed by atoms with Gasteiger partial charge in [-0.2, -0.15) is 0 Å². The number of para-hydroxylation sites is 2. The van der Waals surface area contributed by atoms with Crippen LogP contribution in [0.5, 0.6) is 5.75 Å². The van der Waals surface area contributed by atoms with E-state index in [0.717, 1.165) is 0 Å². The number of nitrogens with one attached hydrogen (secondary N) is 2. The Labute approximate surface area is 87.1 Å². The topological polar surface area (TPSA) is 62.7 Å². The average Bonchev–Trinajstić information content (AvgIpc) is 2.65. The molecule has 1 aromatic rings. The number of aliphatic imine (C=N–C) groups is 1. The third kappa shape index (κ3) is 2.07. The lowest BCUT2D eigenvalue weighted by molar-refractivity contribution is -0.119. The maximum atomic E-state index is 10.9. The second kappa shape index (κ2) is 4.00. The van der Waals surface area contributed by atoms with Crippen molar-refractivity contribution in [2.24, 2.45) is 4.99 Å². The van der Waals surface area contributed by atoms with Gasteiger partial charge in [-0.25, -0.2) is 4.99 Å². The van der Waals surface area contributed by atoms with Crippen molar-refractivity contribution in [3.05, 3.63) is 24.3 Å². The first-order chi connectivity index (χ1) is 7.29. The van der Waals surface area contributed by atoms with Crippen molar-refractivity contribution in [2.75, 3.05) is 7.11 Å². The molecule has 0 unspecified atom stereocenters. The Morgan fingerprint density at radius 1 is 1.33 bits per heavy atom. The quantitative estimate of drug-likeness (QED) is 0.748. The first-order valence-corrected chi connectivity index (χ1v) is 4.55. The van der Waals surface area contributed by atoms with Crippen LogP contribution in [0.25, 0.3) is 0 Å². The molecule has 0 aromatic heterocycles. The number of amidine groups is 1. The zero-order valence-electron chi connectivity index (χ0n) is 8.28. The second-order valence-electron chi connectivity index (χ2n) is 3.08. The predicted molar refractivity (Wildman–Crippen MR) is 56.0 cm³/mol. The van der Waals surface area contributed by atoms with Crippen molar-refractivity contribution >= 4 is 17.4 Å². The number of hydrogen-bond acceptors (Lipinski definition) is 3. The third-order valence-electron chi connectivity index (χ3n) is 2.01. The highest BCUT2D eigenvalue weighted by Crippen LogP contribution is 2.26. The van der Waals surface area contributed by atoms with Gasteiger partial charge < -0.3 is 4.74 Å². The van der Waals surface area contributed by atoms with Gasteiger partial charge in [0.2, 0.25) is 5.91 Å². The van der Waals surface area contributed by atoms with Gasteiger partial charge in [0.1, 0.15) is 17.3 Å². The zero-order valence-corrected chi connectivity index (χ0v) is 8.28. The van der Waals surface area contributed by atoms with Crippen LogP contribution in [0.3, 0.4) is 0 Å². The molecule has 5 heteroatoms. The van der Waals surface area contributed by atoms with Gasteiger partial charge in [0, 0.05) is 0 Å². The van der Waals surface area contributed by atoms with E-state index in [4.69, 9.17) is 4.74 Å². The summed E-state index contributed by atoms with van der Waals surface area (Å²) >= 11 is 0. The summed E-state index contributed by atoms with van der Waals surface area (Å²) in [5, 5.41) is 0. The number of carbonyl (C=O) groups is 1. The molecular formula is C10H11N3O2. The van der Waals surface area contributed by atoms with E-state index >= 15 is 0 Å². The molecule has 15 heavy (non-hydrogen) atoms. The summed E-state index contributed by atoms with van der Waals surface area (Å²) in [4.78, 5) is 15.2. The fourth-order valence-corrected chi connectivity index (χ4v) is 1.32. The van der Waals surface area contributed by atoms with Crippen LogP contribution in [0.1, 0.15) is 6.42 Å². The molecule has 1 aliphatic heterocycles. The SMILES string of the molecule is COc1ccccc1N=C1CC(=O)NN1. The van der Waals surface area contributed by atoms with E-state index in [1.165, 1.54) is 0 Å². The van der Waals surface area contributed by atoms with E-state index < -0.39 is 0 Å². The number of amides is 1. The molecule has 1 aliphatic rings. The molecule has 2 N–H and O–H groups in total. The van der Waals surface area contributed by atoms with Gasteiger partial charge in [0.15, 0.2) is 0 Å². The van der Waals surface area contributed by atoms with Gasteiger partial charge in [-0.05, 0) is 12.1 Å². The van der Waals surface area contributed by atoms with Gasteiger partial charge in [-0.1, -0.05) is 12.1 Å². The number of hydrazine groups is 1. The molecule has 0 aliphatic carbocycles. The van der Waals surface area contributed by atoms with Crippen molar-refractivity contribution in [1.82, 2.24) is 10.9 Å². The molecule has 1 fully saturated rings. The highest BCUT2D eigenvalue weighted by molar-refractivity contribution is 6.05. The molecule has 0 atom stereocenters. The average molecular weight is 205 g/mol. The van der Waals surface area contributed by atoms with Crippen molar-refractivity contribution in [1.29, 1.82) is 0 Å². The Bertz CT molecular complexity index is 415. The second-order valence-corrected chi connectivity index (χ2v) is 3.08. The van der Waals surface area contributed by atoms with Crippen LogP contribution in [0.4, 0.5) is 5.69 Å². The zero-order chi connectivity index (χ0) is 10.7. The molecule has 1 heterocycles. The molecule has 1 saturated heterocycles. The summed E-state index contributed by atoms with van der Waals surface area (Å²) in [7, 11) is 1.59. The highest BCUT2D eigenvalue weighted by atomic mass is 16.5. The molecule has 0 saturated carbocycles. The highest BCUT2D eigenvalue weighted by Gasteiger charge is 2.15. The molecule has 1 aromatic carbocycles. The van der Waals surface area contributed by atoms with Crippen molar-refractivity contribution < 1.29 is 9.53 Å². The maximum absolute atomic E-state index is 10.9. The van der Waals surface area contributed by atoms with Gasteiger partial charge in [0.25, 0.3) is 0 Å². The van der Waals surface area contributed by atoms with Gasteiger partial charge in [-0.3, -0.25) is 15.6 Å². The van der Waals surface area contributed by atoms with Gasteiger partial charge in [-0.15, -0.1) is 0 Å². The number of nitrogens with zero attached hydrogens (tertiary/aromatic N) is 1. The fourth-order valence-electron chi connectivity index (χ4n) is 1.32. The largest absolute Gasteiger partial charge is 0.494 e. The van der Waals surface area contributed by atoms with Gasteiger partial charge >= 0.3 is 0 Å². The Kier molecular flexibility index (Phi) is 2.53. The van der Waals surface area contributed by atoms with Gasteiger partial charge in [0.05, 0.1) is 13.5 Å². The molecule has 78 valence electrons. The van der Waals surface area contributed by atoms with Crippen LogP contribution in [-0.2, 0) is 4.79 Å². The van der Waals surface area contributed by atoms with Crippen molar-refractivity contribution in [2.45, 2.75) is 6.42 Å². The number of ether oxygens (including phenoxy) is 1. The molecule has 2 rings (SSSR count). The summed E-state index contributed by atoms with van der Waals surface area (Å²) in [6.07, 6.45) is 0.276. The minimum atomic E-state index is -0.0800. The summed E-state index contributed by atoms with van der Waals surface area (Å²) < 4.78 is 5.14. The monoisotopic (exact) mass is 205 g/mol. The summed E-state index contributed by atoms with van der Waals surface area (Å²) in [5.74, 6) is 1.21. The Hall–Kier alpha value is -2.04. The molecule has 0 bridgehead atoms. The lowest BCUT2D eigenvalue weighted by atomic mass is 10.3. The van der Waals surface area contributed by atoms with Crippen molar-refractivity contribution in [3.63, 3.8) is 0 Å². The van der Waals surface area contributed by atoms with E-state index in [2.05, 4.69) is 15.8 Å². The third-order valence-corrected chi connectivity index (χ3v) is 2.01. The molecular weight excluding hydrogens is 194 g/mol. The maximum Gasteiger partial charge on any atom is 0.245 e. The lowest BCUT2D eigenvalue weighted by Gasteiger charge is -2.03. The van der Waals surface area contributed by atoms with Crippen molar-refractivity contribution in [3.8, 4) is 5.75 Å². The van der Waals surface area contributed by atoms with Crippen LogP contribution in [0, 0.1) is 0 Å². The van der Waals surface area contributed by atoms with E-state index in [1.54, 1.807) is 7.11 Å². The fraction of sp³-hybridized carbons (Fsp3) is 0.200. The van der Waals surface area contributed by atoms with Crippen LogP contribution in [0.2, 0.25) is 0 Å². The van der Waals surface area contributed by atoms with E-state index in [-0.39, 0.29) is 12.3 Å². The number of methoxy groups -OCH3 is 1. The first-order valence-electron chi connectivity index (χ1n) is 4.55. The molecule has 1 amide bonds. The van der Waals surface area contributed by atoms with E-state index in [9.17, 15) is 4.79 Å². The lowest BCUT2D eigenvalue weighted by Crippen LogP contribution is -2.28. The summed E-state index contributed by atoms with van der Waals surface area (Å²) in [5.41, 5.74) is 5.88. The van der Waals surface area contributed by atoms with Crippen LogP contribution >= 0.6 is 0 Å². The van der Waals surface area contributed by atoms with Crippen LogP contribution in [0.15, 0.2) is 29.3 Å². The van der Waals surface area contributed by atoms with Crippen LogP contribution < -0.4 is 15.6 Å². The Morgan fingerprint density at radius 2 is 2.13 bits per heavy atom. The molecule has 5 nitrogen and oxygen atoms in total. The number of hydrogen-bond donors (Lipinski definition) is 2. The summed E-state index contributed by atoms with van der Waals surface area (Å²) in [6.45, 7) is 0. The standard InChI is InChI=1S/C10H11N3O2/c1-15-8-5-3-2-4-7(8)11-9-6-10(14)13-12-9/h2-5H,6H2,1H3,(H,11,12)(H,13,14). The van der Waals surface area contributed by atoms with E-state index in [1.807, 2.05) is 24.3 Å². The smallest absolute Gasteiger partial charge is 0.245 e. The predicted octanol–water partition coefficient (Wildman–Crippen LogP) is 0.750. The minimum Gasteiger partial charge on any atom is -0.494 e. The number of benzene rings is 1. The molecule has 0 radical (unpaired) electrons. The molecule has 0 spiro atoms. The van der Waals surface area contributed by atoms with Crippen LogP contribution in [-0.4, -0.2) is 18.9 Å². The minimum absolute atomic E-state index is 0.0800. The summed E-state index contributed by atoms with van der Waals surface area (Å²) in [6, 6.07) is 7.39. The van der Waals surface area contributed by atoms with E-state index in [0.29, 0.717) is 17.3 Å². The number of carbonyl (C=O) groups excluding carboxylic acids is 1. The Morgan fingerprint density at radius 3 is 2.80 bits per heavy atom. The Balaban J connectivity index is 2.26. The number of rotatable bonds is 2.